The standard InChI is InChI=1S/C20H18N2O7/c1-28-14-8-9-16(22(26)27)15(10-14)20(19(25)29-2)11-17(23)21(18(20)24)12-13-6-4-3-5-7-13/h3-10H,11-12H2,1-2H3/t20-/m1/s1. The smallest absolute Gasteiger partial charge is 0.326 e. The second kappa shape index (κ2) is 7.70. The van der Waals surface area contributed by atoms with Gasteiger partial charge in [-0.05, 0) is 17.7 Å². The first kappa shape index (κ1) is 20.0. The highest BCUT2D eigenvalue weighted by atomic mass is 16.6. The Morgan fingerprint density at radius 2 is 1.86 bits per heavy atom. The molecule has 2 aromatic rings. The first-order valence-electron chi connectivity index (χ1n) is 8.65. The van der Waals surface area contributed by atoms with E-state index in [1.807, 2.05) is 0 Å². The van der Waals surface area contributed by atoms with E-state index in [4.69, 9.17) is 9.47 Å². The minimum Gasteiger partial charge on any atom is -0.497 e. The molecule has 1 atom stereocenters. The predicted molar refractivity (Wildman–Crippen MR) is 100.0 cm³/mol. The number of hydrogen-bond acceptors (Lipinski definition) is 7. The SMILES string of the molecule is COC(=O)[C@@]1(c2cc(OC)ccc2[N+](=O)[O-])CC(=O)N(Cc2ccccc2)C1=O. The highest BCUT2D eigenvalue weighted by molar-refractivity contribution is 6.21. The van der Waals surface area contributed by atoms with E-state index in [1.165, 1.54) is 19.2 Å². The van der Waals surface area contributed by atoms with Crippen LogP contribution >= 0.6 is 0 Å². The van der Waals surface area contributed by atoms with E-state index in [-0.39, 0.29) is 17.9 Å². The van der Waals surface area contributed by atoms with Crippen LogP contribution in [0.3, 0.4) is 0 Å². The van der Waals surface area contributed by atoms with Crippen molar-refractivity contribution in [2.45, 2.75) is 18.4 Å². The Balaban J connectivity index is 2.16. The van der Waals surface area contributed by atoms with Gasteiger partial charge in [-0.15, -0.1) is 0 Å². The van der Waals surface area contributed by atoms with Crippen molar-refractivity contribution in [3.63, 3.8) is 0 Å². The average Bonchev–Trinajstić information content (AvgIpc) is 2.98. The fourth-order valence-corrected chi connectivity index (χ4v) is 3.46. The summed E-state index contributed by atoms with van der Waals surface area (Å²) < 4.78 is 9.92. The third-order valence-electron chi connectivity index (χ3n) is 4.91. The molecule has 0 unspecified atom stereocenters. The molecule has 0 aliphatic carbocycles. The summed E-state index contributed by atoms with van der Waals surface area (Å²) in [7, 11) is 2.41. The highest BCUT2D eigenvalue weighted by Gasteiger charge is 2.61. The van der Waals surface area contributed by atoms with Crippen LogP contribution in [0.2, 0.25) is 0 Å². The molecule has 29 heavy (non-hydrogen) atoms. The summed E-state index contributed by atoms with van der Waals surface area (Å²) >= 11 is 0. The number of imide groups is 1. The molecule has 2 aromatic carbocycles. The van der Waals surface area contributed by atoms with Crippen LogP contribution in [0.4, 0.5) is 5.69 Å². The third-order valence-corrected chi connectivity index (χ3v) is 4.91. The zero-order valence-corrected chi connectivity index (χ0v) is 15.8. The predicted octanol–water partition coefficient (Wildman–Crippen LogP) is 1.97. The molecular formula is C20H18N2O7. The number of nitro benzene ring substituents is 1. The molecule has 150 valence electrons. The Labute approximate surface area is 166 Å². The lowest BCUT2D eigenvalue weighted by Gasteiger charge is -2.24. The van der Waals surface area contributed by atoms with Crippen LogP contribution in [0.25, 0.3) is 0 Å². The number of hydrogen-bond donors (Lipinski definition) is 0. The Morgan fingerprint density at radius 1 is 1.17 bits per heavy atom. The zero-order chi connectivity index (χ0) is 21.2. The van der Waals surface area contributed by atoms with Crippen molar-refractivity contribution >= 4 is 23.5 Å². The fourth-order valence-electron chi connectivity index (χ4n) is 3.46. The van der Waals surface area contributed by atoms with E-state index in [2.05, 4.69) is 0 Å². The van der Waals surface area contributed by atoms with Crippen molar-refractivity contribution in [2.24, 2.45) is 0 Å². The summed E-state index contributed by atoms with van der Waals surface area (Å²) in [6.45, 7) is -0.0605. The number of nitrogens with zero attached hydrogens (tertiary/aromatic N) is 2. The molecule has 0 saturated carbocycles. The summed E-state index contributed by atoms with van der Waals surface area (Å²) in [5.74, 6) is -2.32. The molecule has 1 heterocycles. The van der Waals surface area contributed by atoms with E-state index in [0.29, 0.717) is 5.56 Å². The maximum atomic E-state index is 13.4. The number of carbonyl (C=O) groups is 3. The number of nitro groups is 1. The van der Waals surface area contributed by atoms with E-state index in [0.717, 1.165) is 18.1 Å². The molecule has 1 aliphatic heterocycles. The van der Waals surface area contributed by atoms with Crippen LogP contribution in [0, 0.1) is 10.1 Å². The molecule has 1 fully saturated rings. The van der Waals surface area contributed by atoms with Gasteiger partial charge in [0.2, 0.25) is 5.91 Å². The number of esters is 1. The number of benzene rings is 2. The molecule has 3 rings (SSSR count). The van der Waals surface area contributed by atoms with E-state index < -0.39 is 40.2 Å². The second-order valence-electron chi connectivity index (χ2n) is 6.48. The van der Waals surface area contributed by atoms with Crippen molar-refractivity contribution in [3.8, 4) is 5.75 Å². The van der Waals surface area contributed by atoms with Crippen LogP contribution < -0.4 is 4.74 Å². The molecule has 0 radical (unpaired) electrons. The van der Waals surface area contributed by atoms with Crippen LogP contribution in [0.15, 0.2) is 48.5 Å². The van der Waals surface area contributed by atoms with Crippen molar-refractivity contribution in [2.75, 3.05) is 14.2 Å². The summed E-state index contributed by atoms with van der Waals surface area (Å²) in [5, 5.41) is 11.6. The largest absolute Gasteiger partial charge is 0.497 e. The Morgan fingerprint density at radius 3 is 2.45 bits per heavy atom. The molecule has 0 N–H and O–H groups in total. The molecule has 9 nitrogen and oxygen atoms in total. The van der Waals surface area contributed by atoms with Crippen LogP contribution in [-0.4, -0.2) is 41.8 Å². The van der Waals surface area contributed by atoms with Crippen molar-refractivity contribution in [3.05, 3.63) is 69.8 Å². The van der Waals surface area contributed by atoms with Gasteiger partial charge >= 0.3 is 5.97 Å². The quantitative estimate of drug-likeness (QED) is 0.240. The summed E-state index contributed by atoms with van der Waals surface area (Å²) in [4.78, 5) is 50.7. The molecule has 1 aliphatic rings. The minimum absolute atomic E-state index is 0.0605. The summed E-state index contributed by atoms with van der Waals surface area (Å²) in [6.07, 6.45) is -0.570. The van der Waals surface area contributed by atoms with E-state index in [1.54, 1.807) is 30.3 Å². The van der Waals surface area contributed by atoms with Crippen molar-refractivity contribution < 1.29 is 28.8 Å². The van der Waals surface area contributed by atoms with Crippen LogP contribution in [0.5, 0.6) is 5.75 Å². The number of methoxy groups -OCH3 is 2. The number of amides is 2. The summed E-state index contributed by atoms with van der Waals surface area (Å²) in [5.41, 5.74) is -2.19. The van der Waals surface area contributed by atoms with Gasteiger partial charge in [0, 0.05) is 6.07 Å². The Kier molecular flexibility index (Phi) is 5.31. The molecule has 0 spiro atoms. The average molecular weight is 398 g/mol. The summed E-state index contributed by atoms with van der Waals surface area (Å²) in [6, 6.07) is 12.5. The van der Waals surface area contributed by atoms with Crippen LogP contribution in [0.1, 0.15) is 17.5 Å². The van der Waals surface area contributed by atoms with Gasteiger partial charge in [-0.2, -0.15) is 0 Å². The topological polar surface area (TPSA) is 116 Å². The molecule has 9 heteroatoms. The molecule has 2 amide bonds. The number of rotatable bonds is 6. The first-order chi connectivity index (χ1) is 13.8. The maximum absolute atomic E-state index is 13.4. The number of ether oxygens (including phenoxy) is 2. The zero-order valence-electron chi connectivity index (χ0n) is 15.8. The van der Waals surface area contributed by atoms with Crippen molar-refractivity contribution in [1.82, 2.24) is 4.90 Å². The van der Waals surface area contributed by atoms with Gasteiger partial charge < -0.3 is 9.47 Å². The monoisotopic (exact) mass is 398 g/mol. The normalized spacial score (nSPS) is 18.6. The minimum atomic E-state index is -2.16. The number of likely N-dealkylation sites (tertiary alicyclic amines) is 1. The lowest BCUT2D eigenvalue weighted by Crippen LogP contribution is -2.45. The third kappa shape index (κ3) is 3.31. The van der Waals surface area contributed by atoms with Gasteiger partial charge in [-0.1, -0.05) is 30.3 Å². The molecule has 1 saturated heterocycles. The van der Waals surface area contributed by atoms with Gasteiger partial charge in [0.15, 0.2) is 5.41 Å². The first-order valence-corrected chi connectivity index (χ1v) is 8.65. The molecule has 0 bridgehead atoms. The van der Waals surface area contributed by atoms with Gasteiger partial charge in [0.1, 0.15) is 5.75 Å². The Bertz CT molecular complexity index is 990. The molecular weight excluding hydrogens is 380 g/mol. The van der Waals surface area contributed by atoms with E-state index in [9.17, 15) is 24.5 Å². The lowest BCUT2D eigenvalue weighted by atomic mass is 9.77. The molecule has 0 aromatic heterocycles. The van der Waals surface area contributed by atoms with E-state index >= 15 is 0 Å². The lowest BCUT2D eigenvalue weighted by molar-refractivity contribution is -0.385. The van der Waals surface area contributed by atoms with Gasteiger partial charge in [-0.3, -0.25) is 29.4 Å². The van der Waals surface area contributed by atoms with Gasteiger partial charge in [-0.25, -0.2) is 0 Å². The van der Waals surface area contributed by atoms with Crippen LogP contribution in [-0.2, 0) is 31.1 Å². The fraction of sp³-hybridized carbons (Fsp3) is 0.250. The number of carbonyl (C=O) groups excluding carboxylic acids is 3. The highest BCUT2D eigenvalue weighted by Crippen LogP contribution is 2.43. The van der Waals surface area contributed by atoms with Crippen molar-refractivity contribution in [1.29, 1.82) is 0 Å². The van der Waals surface area contributed by atoms with Gasteiger partial charge in [0.25, 0.3) is 11.6 Å². The van der Waals surface area contributed by atoms with Gasteiger partial charge in [0.05, 0.1) is 37.7 Å². The second-order valence-corrected chi connectivity index (χ2v) is 6.48. The Hall–Kier alpha value is -3.75. The maximum Gasteiger partial charge on any atom is 0.326 e.